The van der Waals surface area contributed by atoms with E-state index in [-0.39, 0.29) is 11.0 Å². The van der Waals surface area contributed by atoms with Crippen molar-refractivity contribution in [3.8, 4) is 5.75 Å². The van der Waals surface area contributed by atoms with Gasteiger partial charge in [0.15, 0.2) is 7.98 Å². The molecule has 3 rings (SSSR count). The molecule has 1 aromatic carbocycles. The number of fused-ring (bicyclic) bond motifs is 1. The van der Waals surface area contributed by atoms with E-state index in [0.29, 0.717) is 6.54 Å². The first-order valence-corrected chi connectivity index (χ1v) is 8.70. The third kappa shape index (κ3) is 3.79. The number of carbonyl (C=O) groups is 1. The van der Waals surface area contributed by atoms with E-state index in [1.54, 1.807) is 22.6 Å². The normalized spacial score (nSPS) is 17.5. The van der Waals surface area contributed by atoms with E-state index >= 15 is 0 Å². The van der Waals surface area contributed by atoms with Crippen LogP contribution in [0.4, 0.5) is 0 Å². The van der Waals surface area contributed by atoms with E-state index in [0.717, 1.165) is 61.7 Å². The predicted octanol–water partition coefficient (Wildman–Crippen LogP) is 2.15. The van der Waals surface area contributed by atoms with Gasteiger partial charge in [0.25, 0.3) is 5.56 Å². The molecule has 0 spiro atoms. The lowest BCUT2D eigenvalue weighted by molar-refractivity contribution is -0.118. The zero-order valence-electron chi connectivity index (χ0n) is 14.6. The maximum absolute atomic E-state index is 12.3. The van der Waals surface area contributed by atoms with Gasteiger partial charge >= 0.3 is 0 Å². The number of ether oxygens (including phenoxy) is 1. The third-order valence-electron chi connectivity index (χ3n) is 5.30. The lowest BCUT2D eigenvalue weighted by Gasteiger charge is -2.37. The molecule has 0 saturated carbocycles. The number of aryl methyl sites for hydroxylation is 1. The lowest BCUT2D eigenvalue weighted by Crippen LogP contribution is -2.39. The number of aromatic nitrogens is 1. The van der Waals surface area contributed by atoms with Crippen LogP contribution >= 0.6 is 0 Å². The Hall–Kier alpha value is -2.08. The zero-order valence-corrected chi connectivity index (χ0v) is 14.6. The predicted molar refractivity (Wildman–Crippen MR) is 99.1 cm³/mol. The number of hydrogen-bond donors (Lipinski definition) is 0. The van der Waals surface area contributed by atoms with E-state index in [9.17, 15) is 9.59 Å². The molecule has 2 aromatic rings. The summed E-state index contributed by atoms with van der Waals surface area (Å²) in [6, 6.07) is 9.15. The van der Waals surface area contributed by atoms with Crippen molar-refractivity contribution >= 4 is 25.2 Å². The molecule has 5 nitrogen and oxygen atoms in total. The second kappa shape index (κ2) is 7.44. The van der Waals surface area contributed by atoms with Crippen LogP contribution in [0.1, 0.15) is 25.7 Å². The Morgan fingerprint density at radius 2 is 1.96 bits per heavy atom. The van der Waals surface area contributed by atoms with Crippen LogP contribution in [0.2, 0.25) is 0 Å². The summed E-state index contributed by atoms with van der Waals surface area (Å²) in [5.74, 6) is 0.728. The smallest absolute Gasteiger partial charge is 0.251 e. The average Bonchev–Trinajstić information content (AvgIpc) is 2.65. The van der Waals surface area contributed by atoms with Crippen molar-refractivity contribution < 1.29 is 9.53 Å². The van der Waals surface area contributed by atoms with E-state index in [1.807, 2.05) is 24.3 Å². The Labute approximate surface area is 149 Å². The quantitative estimate of drug-likeness (QED) is 0.598. The summed E-state index contributed by atoms with van der Waals surface area (Å²) in [5, 5.41) is 1.00. The molecule has 1 aliphatic rings. The molecule has 6 heteroatoms. The average molecular weight is 338 g/mol. The fraction of sp³-hybridized carbons (Fsp3) is 0.474. The summed E-state index contributed by atoms with van der Waals surface area (Å²) in [4.78, 5) is 25.8. The number of nitrogens with zero attached hydrogens (tertiary/aromatic N) is 2. The van der Waals surface area contributed by atoms with Gasteiger partial charge in [-0.05, 0) is 62.4 Å². The van der Waals surface area contributed by atoms with Crippen LogP contribution in [0.5, 0.6) is 5.75 Å². The van der Waals surface area contributed by atoms with E-state index in [2.05, 4.69) is 0 Å². The summed E-state index contributed by atoms with van der Waals surface area (Å²) in [5.41, 5.74) is 0.531. The SMILES string of the molecule is [B]N1CCC(C=O)(CCCn2c(=O)ccc3ccc(OC)cc32)CC1. The van der Waals surface area contributed by atoms with Crippen molar-refractivity contribution in [2.75, 3.05) is 20.2 Å². The molecular formula is C19H23BN2O3. The molecule has 0 atom stereocenters. The Bertz CT molecular complexity index is 810. The van der Waals surface area contributed by atoms with Crippen molar-refractivity contribution in [2.45, 2.75) is 32.2 Å². The van der Waals surface area contributed by atoms with Gasteiger partial charge in [-0.15, -0.1) is 0 Å². The fourth-order valence-corrected chi connectivity index (χ4v) is 3.61. The minimum absolute atomic E-state index is 0.0299. The Morgan fingerprint density at radius 3 is 2.64 bits per heavy atom. The van der Waals surface area contributed by atoms with Crippen molar-refractivity contribution in [3.63, 3.8) is 0 Å². The molecule has 25 heavy (non-hydrogen) atoms. The minimum Gasteiger partial charge on any atom is -0.497 e. The van der Waals surface area contributed by atoms with E-state index < -0.39 is 0 Å². The van der Waals surface area contributed by atoms with E-state index in [4.69, 9.17) is 12.7 Å². The monoisotopic (exact) mass is 338 g/mol. The van der Waals surface area contributed by atoms with Crippen LogP contribution in [0.3, 0.4) is 0 Å². The molecule has 1 saturated heterocycles. The molecule has 1 fully saturated rings. The number of rotatable bonds is 6. The fourth-order valence-electron chi connectivity index (χ4n) is 3.61. The Kier molecular flexibility index (Phi) is 5.28. The van der Waals surface area contributed by atoms with Gasteiger partial charge in [0.2, 0.25) is 0 Å². The van der Waals surface area contributed by atoms with Crippen LogP contribution in [0, 0.1) is 5.41 Å². The molecule has 1 aliphatic heterocycles. The van der Waals surface area contributed by atoms with Crippen LogP contribution in [0.25, 0.3) is 10.9 Å². The number of carbonyl (C=O) groups excluding carboxylic acids is 1. The van der Waals surface area contributed by atoms with Crippen molar-refractivity contribution in [3.05, 3.63) is 40.7 Å². The highest BCUT2D eigenvalue weighted by Crippen LogP contribution is 2.33. The Balaban J connectivity index is 1.77. The largest absolute Gasteiger partial charge is 0.497 e. The minimum atomic E-state index is -0.304. The van der Waals surface area contributed by atoms with Gasteiger partial charge in [-0.3, -0.25) is 4.79 Å². The topological polar surface area (TPSA) is 51.5 Å². The first kappa shape index (κ1) is 17.7. The summed E-state index contributed by atoms with van der Waals surface area (Å²) >= 11 is 0. The molecule has 0 bridgehead atoms. The molecular weight excluding hydrogens is 315 g/mol. The summed E-state index contributed by atoms with van der Waals surface area (Å²) in [6.07, 6.45) is 4.21. The maximum atomic E-state index is 12.3. The standard InChI is InChI=1S/C19H23BN2O3/c1-25-16-5-3-15-4-6-18(24)22(17(15)13-16)10-2-7-19(14-23)8-11-21(20)12-9-19/h3-6,13-14H,2,7-12H2,1H3. The summed E-state index contributed by atoms with van der Waals surface area (Å²) in [6.45, 7) is 2.07. The highest BCUT2D eigenvalue weighted by Gasteiger charge is 2.32. The molecule has 0 unspecified atom stereocenters. The number of hydrogen-bond acceptors (Lipinski definition) is 4. The highest BCUT2D eigenvalue weighted by atomic mass is 16.5. The zero-order chi connectivity index (χ0) is 17.9. The number of pyridine rings is 1. The van der Waals surface area contributed by atoms with Crippen LogP contribution < -0.4 is 10.3 Å². The number of methoxy groups -OCH3 is 1. The molecule has 0 amide bonds. The van der Waals surface area contributed by atoms with Crippen LogP contribution in [-0.4, -0.2) is 43.8 Å². The number of piperidine rings is 1. The molecule has 2 heterocycles. The summed E-state index contributed by atoms with van der Waals surface area (Å²) in [7, 11) is 7.42. The van der Waals surface area contributed by atoms with E-state index in [1.165, 1.54) is 0 Å². The highest BCUT2D eigenvalue weighted by molar-refractivity contribution is 6.04. The van der Waals surface area contributed by atoms with Gasteiger partial charge in [-0.1, -0.05) is 0 Å². The molecule has 0 aliphatic carbocycles. The van der Waals surface area contributed by atoms with Crippen molar-refractivity contribution in [2.24, 2.45) is 5.41 Å². The van der Waals surface area contributed by atoms with Crippen LogP contribution in [0.15, 0.2) is 35.1 Å². The van der Waals surface area contributed by atoms with Gasteiger partial charge in [-0.2, -0.15) is 0 Å². The molecule has 0 N–H and O–H groups in total. The second-order valence-electron chi connectivity index (χ2n) is 6.87. The molecule has 2 radical (unpaired) electrons. The summed E-state index contributed by atoms with van der Waals surface area (Å²) < 4.78 is 7.05. The van der Waals surface area contributed by atoms with Crippen molar-refractivity contribution in [1.29, 1.82) is 0 Å². The van der Waals surface area contributed by atoms with Gasteiger partial charge < -0.3 is 18.9 Å². The first-order valence-electron chi connectivity index (χ1n) is 8.70. The van der Waals surface area contributed by atoms with Gasteiger partial charge in [0.1, 0.15) is 12.0 Å². The number of aldehydes is 1. The maximum Gasteiger partial charge on any atom is 0.251 e. The molecule has 1 aromatic heterocycles. The Morgan fingerprint density at radius 1 is 1.24 bits per heavy atom. The van der Waals surface area contributed by atoms with Crippen molar-refractivity contribution in [1.82, 2.24) is 9.38 Å². The lowest BCUT2D eigenvalue weighted by atomic mass is 9.75. The third-order valence-corrected chi connectivity index (χ3v) is 5.30. The van der Waals surface area contributed by atoms with Crippen LogP contribution in [-0.2, 0) is 11.3 Å². The number of benzene rings is 1. The first-order chi connectivity index (χ1) is 12.1. The van der Waals surface area contributed by atoms with Gasteiger partial charge in [-0.25, -0.2) is 0 Å². The van der Waals surface area contributed by atoms with Gasteiger partial charge in [0, 0.05) is 24.1 Å². The molecule has 130 valence electrons. The second-order valence-corrected chi connectivity index (χ2v) is 6.87. The van der Waals surface area contributed by atoms with Gasteiger partial charge in [0.05, 0.1) is 12.6 Å².